The lowest BCUT2D eigenvalue weighted by molar-refractivity contribution is -0.137. The minimum Gasteiger partial charge on any atom is -0.478 e. The molecule has 0 aliphatic rings. The monoisotopic (exact) mass is 301 g/mol. The average Bonchev–Trinajstić information content (AvgIpc) is 2.37. The summed E-state index contributed by atoms with van der Waals surface area (Å²) in [5, 5.41) is 11.2. The third-order valence-electron chi connectivity index (χ3n) is 2.69. The first-order chi connectivity index (χ1) is 9.66. The van der Waals surface area contributed by atoms with Gasteiger partial charge in [0, 0.05) is 5.57 Å². The molecule has 7 heteroatoms. The molecule has 0 unspecified atom stereocenters. The molecule has 1 rings (SSSR count). The van der Waals surface area contributed by atoms with Crippen LogP contribution in [0.15, 0.2) is 29.8 Å². The highest BCUT2D eigenvalue weighted by Gasteiger charge is 2.31. The summed E-state index contributed by atoms with van der Waals surface area (Å²) in [7, 11) is 0. The van der Waals surface area contributed by atoms with Gasteiger partial charge in [-0.2, -0.15) is 13.2 Å². The van der Waals surface area contributed by atoms with Gasteiger partial charge in [-0.25, -0.2) is 4.79 Å². The van der Waals surface area contributed by atoms with Crippen LogP contribution in [0.1, 0.15) is 36.2 Å². The average molecular weight is 301 g/mol. The molecule has 1 aromatic rings. The lowest BCUT2D eigenvalue weighted by atomic mass is 10.1. The van der Waals surface area contributed by atoms with Crippen LogP contribution >= 0.6 is 0 Å². The topological polar surface area (TPSA) is 66.4 Å². The first-order valence-electron chi connectivity index (χ1n) is 6.09. The molecular weight excluding hydrogens is 287 g/mol. The third-order valence-corrected chi connectivity index (χ3v) is 2.69. The molecule has 0 heterocycles. The van der Waals surface area contributed by atoms with Gasteiger partial charge in [0.05, 0.1) is 16.8 Å². The van der Waals surface area contributed by atoms with Crippen LogP contribution in [0.5, 0.6) is 0 Å². The fourth-order valence-corrected chi connectivity index (χ4v) is 1.63. The summed E-state index contributed by atoms with van der Waals surface area (Å²) in [6, 6.07) is 2.09. The van der Waals surface area contributed by atoms with Crippen molar-refractivity contribution in [1.82, 2.24) is 0 Å². The number of rotatable bonds is 4. The molecule has 4 nitrogen and oxygen atoms in total. The normalized spacial score (nSPS) is 12.1. The summed E-state index contributed by atoms with van der Waals surface area (Å²) in [6.07, 6.45) is -2.46. The van der Waals surface area contributed by atoms with Gasteiger partial charge >= 0.3 is 12.1 Å². The van der Waals surface area contributed by atoms with E-state index in [1.165, 1.54) is 6.92 Å². The molecule has 0 aliphatic heterocycles. The van der Waals surface area contributed by atoms with Crippen LogP contribution in [0.3, 0.4) is 0 Å². The number of anilines is 1. The second-order valence-electron chi connectivity index (χ2n) is 4.31. The molecule has 114 valence electrons. The van der Waals surface area contributed by atoms with E-state index in [0.717, 1.165) is 6.07 Å². The van der Waals surface area contributed by atoms with Crippen molar-refractivity contribution in [2.75, 3.05) is 5.32 Å². The highest BCUT2D eigenvalue weighted by molar-refractivity contribution is 6.07. The van der Waals surface area contributed by atoms with Gasteiger partial charge < -0.3 is 10.4 Å². The number of hydrogen-bond acceptors (Lipinski definition) is 2. The first kappa shape index (κ1) is 16.7. The second-order valence-corrected chi connectivity index (χ2v) is 4.31. The zero-order valence-corrected chi connectivity index (χ0v) is 11.4. The number of hydrogen-bond donors (Lipinski definition) is 2. The fraction of sp³-hybridized carbons (Fsp3) is 0.286. The van der Waals surface area contributed by atoms with Crippen molar-refractivity contribution in [2.24, 2.45) is 0 Å². The van der Waals surface area contributed by atoms with Gasteiger partial charge in [0.1, 0.15) is 0 Å². The maximum absolute atomic E-state index is 12.6. The molecule has 0 saturated heterocycles. The standard InChI is InChI=1S/C14H14F3NO3/c1-3-4-8(2)12(19)18-11-7-9(14(15,16)17)5-6-10(11)13(20)21/h4-7H,3H2,1-2H3,(H,18,19)(H,20,21). The molecule has 0 atom stereocenters. The van der Waals surface area contributed by atoms with E-state index < -0.39 is 29.2 Å². The molecule has 0 saturated carbocycles. The van der Waals surface area contributed by atoms with E-state index in [0.29, 0.717) is 24.1 Å². The van der Waals surface area contributed by atoms with E-state index >= 15 is 0 Å². The van der Waals surface area contributed by atoms with Gasteiger partial charge in [0.2, 0.25) is 0 Å². The van der Waals surface area contributed by atoms with Crippen LogP contribution in [-0.2, 0) is 11.0 Å². The van der Waals surface area contributed by atoms with Gasteiger partial charge in [-0.05, 0) is 31.5 Å². The minimum atomic E-state index is -4.62. The number of aromatic carboxylic acids is 1. The molecule has 0 fully saturated rings. The van der Waals surface area contributed by atoms with Crippen molar-refractivity contribution >= 4 is 17.6 Å². The van der Waals surface area contributed by atoms with E-state index in [1.807, 2.05) is 0 Å². The Morgan fingerprint density at radius 1 is 1.33 bits per heavy atom. The third kappa shape index (κ3) is 4.34. The van der Waals surface area contributed by atoms with Crippen molar-refractivity contribution in [2.45, 2.75) is 26.4 Å². The Kier molecular flexibility index (Phi) is 5.12. The van der Waals surface area contributed by atoms with Crippen molar-refractivity contribution in [3.63, 3.8) is 0 Å². The maximum atomic E-state index is 12.6. The van der Waals surface area contributed by atoms with Crippen LogP contribution in [-0.4, -0.2) is 17.0 Å². The predicted octanol–water partition coefficient (Wildman–Crippen LogP) is 3.70. The summed E-state index contributed by atoms with van der Waals surface area (Å²) in [5.74, 6) is -2.06. The molecule has 0 aliphatic carbocycles. The van der Waals surface area contributed by atoms with E-state index in [1.54, 1.807) is 13.0 Å². The van der Waals surface area contributed by atoms with Gasteiger partial charge in [0.25, 0.3) is 5.91 Å². The summed E-state index contributed by atoms with van der Waals surface area (Å²) >= 11 is 0. The highest BCUT2D eigenvalue weighted by atomic mass is 19.4. The number of nitrogens with one attached hydrogen (secondary N) is 1. The fourth-order valence-electron chi connectivity index (χ4n) is 1.63. The van der Waals surface area contributed by atoms with Gasteiger partial charge in [0.15, 0.2) is 0 Å². The van der Waals surface area contributed by atoms with Crippen LogP contribution in [0.2, 0.25) is 0 Å². The summed E-state index contributed by atoms with van der Waals surface area (Å²) in [5.41, 5.74) is -1.52. The van der Waals surface area contributed by atoms with Crippen LogP contribution in [0, 0.1) is 0 Å². The number of carboxylic acids is 1. The molecule has 0 spiro atoms. The number of allylic oxidation sites excluding steroid dienone is 1. The van der Waals surface area contributed by atoms with Crippen LogP contribution < -0.4 is 5.32 Å². The number of carbonyl (C=O) groups excluding carboxylic acids is 1. The van der Waals surface area contributed by atoms with Crippen LogP contribution in [0.25, 0.3) is 0 Å². The minimum absolute atomic E-state index is 0.297. The number of carboxylic acid groups (broad SMARTS) is 1. The SMILES string of the molecule is CCC=C(C)C(=O)Nc1cc(C(F)(F)F)ccc1C(=O)O. The second kappa shape index (κ2) is 6.43. The molecule has 0 aromatic heterocycles. The number of halogens is 3. The molecule has 0 bridgehead atoms. The zero-order chi connectivity index (χ0) is 16.2. The van der Waals surface area contributed by atoms with Crippen molar-refractivity contribution < 1.29 is 27.9 Å². The number of alkyl halides is 3. The first-order valence-corrected chi connectivity index (χ1v) is 6.09. The summed E-state index contributed by atoms with van der Waals surface area (Å²) in [4.78, 5) is 22.8. The quantitative estimate of drug-likeness (QED) is 0.833. The van der Waals surface area contributed by atoms with E-state index in [2.05, 4.69) is 5.32 Å². The maximum Gasteiger partial charge on any atom is 0.416 e. The van der Waals surface area contributed by atoms with Gasteiger partial charge in [-0.15, -0.1) is 0 Å². The Balaban J connectivity index is 3.22. The van der Waals surface area contributed by atoms with Crippen molar-refractivity contribution in [3.05, 3.63) is 41.0 Å². The van der Waals surface area contributed by atoms with E-state index in [4.69, 9.17) is 5.11 Å². The molecular formula is C14H14F3NO3. The Bertz CT molecular complexity index is 592. The zero-order valence-electron chi connectivity index (χ0n) is 11.4. The number of amides is 1. The molecule has 1 amide bonds. The predicted molar refractivity (Wildman–Crippen MR) is 71.1 cm³/mol. The Hall–Kier alpha value is -2.31. The Morgan fingerprint density at radius 3 is 2.43 bits per heavy atom. The van der Waals surface area contributed by atoms with Gasteiger partial charge in [-0.1, -0.05) is 13.0 Å². The summed E-state index contributed by atoms with van der Waals surface area (Å²) < 4.78 is 37.9. The summed E-state index contributed by atoms with van der Waals surface area (Å²) in [6.45, 7) is 3.29. The van der Waals surface area contributed by atoms with Crippen molar-refractivity contribution in [3.8, 4) is 0 Å². The lowest BCUT2D eigenvalue weighted by Crippen LogP contribution is -2.17. The van der Waals surface area contributed by atoms with E-state index in [-0.39, 0.29) is 5.69 Å². The largest absolute Gasteiger partial charge is 0.478 e. The smallest absolute Gasteiger partial charge is 0.416 e. The molecule has 1 aromatic carbocycles. The highest BCUT2D eigenvalue weighted by Crippen LogP contribution is 2.32. The van der Waals surface area contributed by atoms with Gasteiger partial charge in [-0.3, -0.25) is 4.79 Å². The van der Waals surface area contributed by atoms with Crippen molar-refractivity contribution in [1.29, 1.82) is 0 Å². The Morgan fingerprint density at radius 2 is 1.95 bits per heavy atom. The molecule has 0 radical (unpaired) electrons. The van der Waals surface area contributed by atoms with E-state index in [9.17, 15) is 22.8 Å². The lowest BCUT2D eigenvalue weighted by Gasteiger charge is -2.12. The molecule has 21 heavy (non-hydrogen) atoms. The number of benzene rings is 1. The molecule has 2 N–H and O–H groups in total. The van der Waals surface area contributed by atoms with Crippen LogP contribution in [0.4, 0.5) is 18.9 Å². The number of carbonyl (C=O) groups is 2. The Labute approximate surface area is 119 Å².